The zero-order valence-corrected chi connectivity index (χ0v) is 7.94. The minimum atomic E-state index is 0.143. The fourth-order valence-corrected chi connectivity index (χ4v) is 1.70. The van der Waals surface area contributed by atoms with Crippen LogP contribution in [0.4, 0.5) is 0 Å². The summed E-state index contributed by atoms with van der Waals surface area (Å²) in [6, 6.07) is 3.95. The zero-order valence-electron chi connectivity index (χ0n) is 7.94. The number of hydrogen-bond donors (Lipinski definition) is 0. The van der Waals surface area contributed by atoms with E-state index in [1.165, 1.54) is 6.42 Å². The summed E-state index contributed by atoms with van der Waals surface area (Å²) in [7, 11) is 0. The van der Waals surface area contributed by atoms with Gasteiger partial charge in [-0.3, -0.25) is 4.98 Å². The van der Waals surface area contributed by atoms with E-state index in [4.69, 9.17) is 10.00 Å². The molecular weight excluding hydrogens is 176 g/mol. The molecule has 0 N–H and O–H groups in total. The van der Waals surface area contributed by atoms with Crippen molar-refractivity contribution in [2.75, 3.05) is 6.61 Å². The molecule has 0 amide bonds. The Balaban J connectivity index is 2.18. The van der Waals surface area contributed by atoms with Crippen molar-refractivity contribution in [3.63, 3.8) is 0 Å². The Bertz CT molecular complexity index is 351. The second kappa shape index (κ2) is 4.21. The van der Waals surface area contributed by atoms with Gasteiger partial charge in [-0.2, -0.15) is 5.26 Å². The van der Waals surface area contributed by atoms with Crippen LogP contribution in [-0.2, 0) is 4.74 Å². The third-order valence-electron chi connectivity index (χ3n) is 2.44. The van der Waals surface area contributed by atoms with Crippen LogP contribution >= 0.6 is 0 Å². The predicted octanol–water partition coefficient (Wildman–Crippen LogP) is 2.19. The maximum Gasteiger partial charge on any atom is 0.101 e. The molecule has 1 aromatic heterocycles. The molecule has 0 aliphatic carbocycles. The first-order valence-electron chi connectivity index (χ1n) is 4.87. The minimum Gasteiger partial charge on any atom is -0.373 e. The summed E-state index contributed by atoms with van der Waals surface area (Å²) >= 11 is 0. The van der Waals surface area contributed by atoms with E-state index in [1.807, 2.05) is 6.07 Å². The van der Waals surface area contributed by atoms with Gasteiger partial charge < -0.3 is 4.74 Å². The Morgan fingerprint density at radius 1 is 1.43 bits per heavy atom. The van der Waals surface area contributed by atoms with E-state index in [0.29, 0.717) is 5.56 Å². The Morgan fingerprint density at radius 2 is 2.36 bits per heavy atom. The van der Waals surface area contributed by atoms with Crippen LogP contribution < -0.4 is 0 Å². The molecule has 1 aliphatic heterocycles. The zero-order chi connectivity index (χ0) is 9.80. The highest BCUT2D eigenvalue weighted by atomic mass is 16.5. The molecule has 1 aliphatic rings. The number of nitrogens with zero attached hydrogens (tertiary/aromatic N) is 2. The molecule has 0 radical (unpaired) electrons. The van der Waals surface area contributed by atoms with E-state index in [2.05, 4.69) is 11.1 Å². The molecule has 0 spiro atoms. The Kier molecular flexibility index (Phi) is 2.76. The lowest BCUT2D eigenvalue weighted by Crippen LogP contribution is -2.11. The molecule has 3 nitrogen and oxygen atoms in total. The molecular formula is C11H12N2O. The summed E-state index contributed by atoms with van der Waals surface area (Å²) in [5.41, 5.74) is 1.64. The van der Waals surface area contributed by atoms with Crippen LogP contribution in [0.25, 0.3) is 0 Å². The summed E-state index contributed by atoms with van der Waals surface area (Å²) in [4.78, 5) is 4.03. The van der Waals surface area contributed by atoms with Gasteiger partial charge in [0.1, 0.15) is 6.07 Å². The minimum absolute atomic E-state index is 0.143. The fraction of sp³-hybridized carbons (Fsp3) is 0.455. The van der Waals surface area contributed by atoms with Crippen molar-refractivity contribution in [3.05, 3.63) is 29.6 Å². The van der Waals surface area contributed by atoms with Gasteiger partial charge in [0.05, 0.1) is 11.7 Å². The summed E-state index contributed by atoms with van der Waals surface area (Å²) in [5, 5.41) is 8.73. The Hall–Kier alpha value is -1.40. The summed E-state index contributed by atoms with van der Waals surface area (Å²) in [5.74, 6) is 0. The van der Waals surface area contributed by atoms with Gasteiger partial charge in [-0.25, -0.2) is 0 Å². The van der Waals surface area contributed by atoms with Crippen LogP contribution in [0.1, 0.15) is 36.5 Å². The molecule has 3 heteroatoms. The van der Waals surface area contributed by atoms with Gasteiger partial charge in [0, 0.05) is 24.6 Å². The van der Waals surface area contributed by atoms with E-state index < -0.39 is 0 Å². The van der Waals surface area contributed by atoms with Gasteiger partial charge in [0.25, 0.3) is 0 Å². The standard InChI is InChI=1S/C11H12N2O/c12-6-9-5-10(8-13-7-9)11-3-1-2-4-14-11/h5,7-8,11H,1-4H2. The van der Waals surface area contributed by atoms with E-state index >= 15 is 0 Å². The van der Waals surface area contributed by atoms with Gasteiger partial charge in [0.15, 0.2) is 0 Å². The number of hydrogen-bond acceptors (Lipinski definition) is 3. The summed E-state index contributed by atoms with van der Waals surface area (Å²) < 4.78 is 5.61. The van der Waals surface area contributed by atoms with E-state index in [9.17, 15) is 0 Å². The maximum atomic E-state index is 8.73. The number of aromatic nitrogens is 1. The molecule has 14 heavy (non-hydrogen) atoms. The van der Waals surface area contributed by atoms with Crippen molar-refractivity contribution < 1.29 is 4.74 Å². The number of rotatable bonds is 1. The lowest BCUT2D eigenvalue weighted by Gasteiger charge is -2.22. The molecule has 1 fully saturated rings. The van der Waals surface area contributed by atoms with E-state index in [1.54, 1.807) is 12.4 Å². The first-order chi connectivity index (χ1) is 6.90. The summed E-state index contributed by atoms with van der Waals surface area (Å²) in [6.07, 6.45) is 6.88. The van der Waals surface area contributed by atoms with E-state index in [0.717, 1.165) is 25.0 Å². The lowest BCUT2D eigenvalue weighted by molar-refractivity contribution is 0.0147. The molecule has 72 valence electrons. The molecule has 1 atom stereocenters. The average molecular weight is 188 g/mol. The largest absolute Gasteiger partial charge is 0.373 e. The third kappa shape index (κ3) is 1.91. The molecule has 0 bridgehead atoms. The smallest absolute Gasteiger partial charge is 0.101 e. The Labute approximate surface area is 83.3 Å². The molecule has 1 saturated heterocycles. The highest BCUT2D eigenvalue weighted by Crippen LogP contribution is 2.27. The van der Waals surface area contributed by atoms with Crippen molar-refractivity contribution in [2.45, 2.75) is 25.4 Å². The van der Waals surface area contributed by atoms with Crippen molar-refractivity contribution in [3.8, 4) is 6.07 Å². The second-order valence-corrected chi connectivity index (χ2v) is 3.47. The quantitative estimate of drug-likeness (QED) is 0.678. The first kappa shape index (κ1) is 9.17. The second-order valence-electron chi connectivity index (χ2n) is 3.47. The number of pyridine rings is 1. The first-order valence-corrected chi connectivity index (χ1v) is 4.87. The summed E-state index contributed by atoms with van der Waals surface area (Å²) in [6.45, 7) is 0.821. The van der Waals surface area contributed by atoms with Crippen LogP contribution in [0.5, 0.6) is 0 Å². The van der Waals surface area contributed by atoms with Crippen molar-refractivity contribution in [1.29, 1.82) is 5.26 Å². The molecule has 1 aromatic rings. The molecule has 0 saturated carbocycles. The number of nitriles is 1. The van der Waals surface area contributed by atoms with Crippen molar-refractivity contribution >= 4 is 0 Å². The van der Waals surface area contributed by atoms with Gasteiger partial charge in [-0.15, -0.1) is 0 Å². The van der Waals surface area contributed by atoms with Gasteiger partial charge in [0.2, 0.25) is 0 Å². The van der Waals surface area contributed by atoms with Gasteiger partial charge >= 0.3 is 0 Å². The van der Waals surface area contributed by atoms with Crippen LogP contribution in [0, 0.1) is 11.3 Å². The topological polar surface area (TPSA) is 45.9 Å². The molecule has 1 unspecified atom stereocenters. The maximum absolute atomic E-state index is 8.73. The van der Waals surface area contributed by atoms with Crippen LogP contribution in [-0.4, -0.2) is 11.6 Å². The average Bonchev–Trinajstić information content (AvgIpc) is 2.30. The lowest BCUT2D eigenvalue weighted by atomic mass is 10.0. The monoisotopic (exact) mass is 188 g/mol. The highest BCUT2D eigenvalue weighted by molar-refractivity contribution is 5.30. The van der Waals surface area contributed by atoms with Crippen LogP contribution in [0.3, 0.4) is 0 Å². The third-order valence-corrected chi connectivity index (χ3v) is 2.44. The molecule has 2 heterocycles. The number of ether oxygens (including phenoxy) is 1. The van der Waals surface area contributed by atoms with Gasteiger partial charge in [-0.05, 0) is 25.3 Å². The normalized spacial score (nSPS) is 21.5. The highest BCUT2D eigenvalue weighted by Gasteiger charge is 2.16. The molecule has 0 aromatic carbocycles. The van der Waals surface area contributed by atoms with E-state index in [-0.39, 0.29) is 6.10 Å². The fourth-order valence-electron chi connectivity index (χ4n) is 1.70. The van der Waals surface area contributed by atoms with Crippen molar-refractivity contribution in [1.82, 2.24) is 4.98 Å². The van der Waals surface area contributed by atoms with Crippen molar-refractivity contribution in [2.24, 2.45) is 0 Å². The predicted molar refractivity (Wildman–Crippen MR) is 51.5 cm³/mol. The molecule has 2 rings (SSSR count). The Morgan fingerprint density at radius 3 is 3.07 bits per heavy atom. The van der Waals surface area contributed by atoms with Crippen LogP contribution in [0.15, 0.2) is 18.5 Å². The van der Waals surface area contributed by atoms with Gasteiger partial charge in [-0.1, -0.05) is 0 Å². The SMILES string of the molecule is N#Cc1cncc(C2CCCCO2)c1. The van der Waals surface area contributed by atoms with Crippen LogP contribution in [0.2, 0.25) is 0 Å².